The monoisotopic (exact) mass is 223 g/mol. The van der Waals surface area contributed by atoms with Crippen molar-refractivity contribution in [3.8, 4) is 0 Å². The van der Waals surface area contributed by atoms with E-state index >= 15 is 0 Å². The van der Waals surface area contributed by atoms with Gasteiger partial charge < -0.3 is 10.5 Å². The average molecular weight is 223 g/mol. The number of carbonyl (C=O) groups is 1. The van der Waals surface area contributed by atoms with Gasteiger partial charge in [-0.3, -0.25) is 0 Å². The molecule has 0 radical (unpaired) electrons. The third kappa shape index (κ3) is 2.32. The van der Waals surface area contributed by atoms with Crippen LogP contribution in [0.25, 0.3) is 0 Å². The van der Waals surface area contributed by atoms with E-state index in [9.17, 15) is 9.18 Å². The Labute approximate surface area is 93.4 Å². The van der Waals surface area contributed by atoms with Crippen LogP contribution in [-0.4, -0.2) is 12.6 Å². The molecule has 2 rings (SSSR count). The van der Waals surface area contributed by atoms with Crippen LogP contribution in [0.2, 0.25) is 0 Å². The lowest BCUT2D eigenvalue weighted by Gasteiger charge is -2.24. The maximum absolute atomic E-state index is 12.8. The van der Waals surface area contributed by atoms with Gasteiger partial charge in [0.1, 0.15) is 5.82 Å². The molecule has 0 unspecified atom stereocenters. The zero-order chi connectivity index (χ0) is 11.5. The zero-order valence-electron chi connectivity index (χ0n) is 8.91. The van der Waals surface area contributed by atoms with E-state index in [4.69, 9.17) is 10.5 Å². The number of anilines is 1. The molecule has 0 aliphatic heterocycles. The Hall–Kier alpha value is -1.58. The standard InChI is InChI=1S/C12H14FNO2/c13-9-4-5-10(11(14)6-9)12(15)16-7-8-2-1-3-8/h4-6,8H,1-3,7,14H2. The maximum Gasteiger partial charge on any atom is 0.340 e. The molecule has 3 nitrogen and oxygen atoms in total. The summed E-state index contributed by atoms with van der Waals surface area (Å²) in [6, 6.07) is 3.68. The summed E-state index contributed by atoms with van der Waals surface area (Å²) in [5.41, 5.74) is 5.89. The summed E-state index contributed by atoms with van der Waals surface area (Å²) in [6.45, 7) is 0.440. The molecule has 0 aromatic heterocycles. The van der Waals surface area contributed by atoms with Gasteiger partial charge in [-0.1, -0.05) is 6.42 Å². The van der Waals surface area contributed by atoms with Gasteiger partial charge in [-0.05, 0) is 37.0 Å². The maximum atomic E-state index is 12.8. The SMILES string of the molecule is Nc1cc(F)ccc1C(=O)OCC1CCC1. The molecule has 1 aliphatic carbocycles. The van der Waals surface area contributed by atoms with Crippen LogP contribution >= 0.6 is 0 Å². The van der Waals surface area contributed by atoms with Crippen LogP contribution in [0.15, 0.2) is 18.2 Å². The van der Waals surface area contributed by atoms with Crippen molar-refractivity contribution in [1.82, 2.24) is 0 Å². The van der Waals surface area contributed by atoms with E-state index in [0.717, 1.165) is 18.9 Å². The lowest BCUT2D eigenvalue weighted by Crippen LogP contribution is -2.20. The average Bonchev–Trinajstić information content (AvgIpc) is 2.14. The number of benzene rings is 1. The Morgan fingerprint density at radius 2 is 2.25 bits per heavy atom. The number of carbonyl (C=O) groups excluding carboxylic acids is 1. The second-order valence-electron chi connectivity index (χ2n) is 4.13. The quantitative estimate of drug-likeness (QED) is 0.632. The molecule has 0 amide bonds. The minimum absolute atomic E-state index is 0.124. The van der Waals surface area contributed by atoms with Crippen molar-refractivity contribution in [3.63, 3.8) is 0 Å². The molecule has 0 bridgehead atoms. The largest absolute Gasteiger partial charge is 0.462 e. The van der Waals surface area contributed by atoms with Gasteiger partial charge >= 0.3 is 5.97 Å². The van der Waals surface area contributed by atoms with E-state index in [1.165, 1.54) is 18.6 Å². The van der Waals surface area contributed by atoms with Crippen LogP contribution in [0, 0.1) is 11.7 Å². The summed E-state index contributed by atoms with van der Waals surface area (Å²) >= 11 is 0. The van der Waals surface area contributed by atoms with E-state index in [1.807, 2.05) is 0 Å². The molecule has 4 heteroatoms. The first-order chi connectivity index (χ1) is 7.66. The van der Waals surface area contributed by atoms with Gasteiger partial charge in [0, 0.05) is 5.69 Å². The lowest BCUT2D eigenvalue weighted by molar-refractivity contribution is 0.0372. The highest BCUT2D eigenvalue weighted by atomic mass is 19.1. The Morgan fingerprint density at radius 3 is 2.81 bits per heavy atom. The van der Waals surface area contributed by atoms with Gasteiger partial charge in [0.25, 0.3) is 0 Å². The predicted molar refractivity (Wildman–Crippen MR) is 58.4 cm³/mol. The summed E-state index contributed by atoms with van der Waals surface area (Å²) in [5, 5.41) is 0. The Balaban J connectivity index is 1.96. The number of nitrogens with two attached hydrogens (primary N) is 1. The topological polar surface area (TPSA) is 52.3 Å². The van der Waals surface area contributed by atoms with E-state index in [2.05, 4.69) is 0 Å². The highest BCUT2D eigenvalue weighted by Crippen LogP contribution is 2.26. The number of rotatable bonds is 3. The van der Waals surface area contributed by atoms with Gasteiger partial charge in [0.05, 0.1) is 12.2 Å². The smallest absolute Gasteiger partial charge is 0.340 e. The minimum atomic E-state index is -0.468. The van der Waals surface area contributed by atoms with Crippen LogP contribution in [0.5, 0.6) is 0 Å². The molecule has 1 saturated carbocycles. The summed E-state index contributed by atoms with van der Waals surface area (Å²) < 4.78 is 17.9. The molecule has 0 heterocycles. The van der Waals surface area contributed by atoms with Crippen molar-refractivity contribution in [2.45, 2.75) is 19.3 Å². The molecule has 86 valence electrons. The van der Waals surface area contributed by atoms with Crippen molar-refractivity contribution in [2.75, 3.05) is 12.3 Å². The Morgan fingerprint density at radius 1 is 1.50 bits per heavy atom. The first kappa shape index (κ1) is 10.9. The van der Waals surface area contributed by atoms with E-state index in [0.29, 0.717) is 12.5 Å². The van der Waals surface area contributed by atoms with Gasteiger partial charge in [-0.2, -0.15) is 0 Å². The van der Waals surface area contributed by atoms with Crippen LogP contribution in [-0.2, 0) is 4.74 Å². The molecule has 16 heavy (non-hydrogen) atoms. The van der Waals surface area contributed by atoms with Gasteiger partial charge in [0.2, 0.25) is 0 Å². The summed E-state index contributed by atoms with van der Waals surface area (Å²) in [7, 11) is 0. The van der Waals surface area contributed by atoms with Crippen LogP contribution in [0.4, 0.5) is 10.1 Å². The van der Waals surface area contributed by atoms with E-state index < -0.39 is 11.8 Å². The molecular formula is C12H14FNO2. The van der Waals surface area contributed by atoms with Crippen molar-refractivity contribution in [3.05, 3.63) is 29.6 Å². The number of nitrogen functional groups attached to an aromatic ring is 1. The molecule has 0 atom stereocenters. The minimum Gasteiger partial charge on any atom is -0.462 e. The van der Waals surface area contributed by atoms with Crippen LogP contribution in [0.1, 0.15) is 29.6 Å². The molecule has 1 fully saturated rings. The number of halogens is 1. The van der Waals surface area contributed by atoms with Crippen LogP contribution in [0.3, 0.4) is 0 Å². The predicted octanol–water partition coefficient (Wildman–Crippen LogP) is 2.36. The van der Waals surface area contributed by atoms with Crippen LogP contribution < -0.4 is 5.73 Å². The van der Waals surface area contributed by atoms with E-state index in [1.54, 1.807) is 0 Å². The fourth-order valence-corrected chi connectivity index (χ4v) is 1.65. The second kappa shape index (κ2) is 4.51. The highest BCUT2D eigenvalue weighted by molar-refractivity contribution is 5.94. The first-order valence-electron chi connectivity index (χ1n) is 5.39. The molecule has 1 aromatic rings. The Bertz CT molecular complexity index is 402. The summed E-state index contributed by atoms with van der Waals surface area (Å²) in [5.74, 6) is -0.428. The highest BCUT2D eigenvalue weighted by Gasteiger charge is 2.20. The normalized spacial score (nSPS) is 15.6. The van der Waals surface area contributed by atoms with E-state index in [-0.39, 0.29) is 11.3 Å². The Kier molecular flexibility index (Phi) is 3.08. The summed E-state index contributed by atoms with van der Waals surface area (Å²) in [4.78, 5) is 11.6. The summed E-state index contributed by atoms with van der Waals surface area (Å²) in [6.07, 6.45) is 3.44. The number of esters is 1. The fourth-order valence-electron chi connectivity index (χ4n) is 1.65. The van der Waals surface area contributed by atoms with Crippen molar-refractivity contribution in [2.24, 2.45) is 5.92 Å². The lowest BCUT2D eigenvalue weighted by atomic mass is 9.86. The van der Waals surface area contributed by atoms with Crippen molar-refractivity contribution < 1.29 is 13.9 Å². The van der Waals surface area contributed by atoms with Crippen molar-refractivity contribution >= 4 is 11.7 Å². The fraction of sp³-hybridized carbons (Fsp3) is 0.417. The molecular weight excluding hydrogens is 209 g/mol. The number of hydrogen-bond donors (Lipinski definition) is 1. The molecule has 0 saturated heterocycles. The molecule has 1 aliphatic rings. The van der Waals surface area contributed by atoms with Gasteiger partial charge in [-0.25, -0.2) is 9.18 Å². The van der Waals surface area contributed by atoms with Crippen molar-refractivity contribution in [1.29, 1.82) is 0 Å². The third-order valence-electron chi connectivity index (χ3n) is 2.91. The van der Waals surface area contributed by atoms with Gasteiger partial charge in [-0.15, -0.1) is 0 Å². The molecule has 0 spiro atoms. The zero-order valence-corrected chi connectivity index (χ0v) is 8.91. The number of hydrogen-bond acceptors (Lipinski definition) is 3. The van der Waals surface area contributed by atoms with Gasteiger partial charge in [0.15, 0.2) is 0 Å². The third-order valence-corrected chi connectivity index (χ3v) is 2.91. The molecule has 2 N–H and O–H groups in total. The first-order valence-corrected chi connectivity index (χ1v) is 5.39. The molecule has 1 aromatic carbocycles. The second-order valence-corrected chi connectivity index (χ2v) is 4.13. The number of ether oxygens (including phenoxy) is 1.